The second-order valence-corrected chi connectivity index (χ2v) is 4.31. The van der Waals surface area contributed by atoms with Gasteiger partial charge in [-0.2, -0.15) is 0 Å². The van der Waals surface area contributed by atoms with Gasteiger partial charge in [0.2, 0.25) is 11.8 Å². The van der Waals surface area contributed by atoms with Gasteiger partial charge in [0.15, 0.2) is 0 Å². The van der Waals surface area contributed by atoms with Crippen LogP contribution in [0.2, 0.25) is 0 Å². The molecule has 1 aliphatic rings. The third-order valence-corrected chi connectivity index (χ3v) is 3.21. The van der Waals surface area contributed by atoms with E-state index in [1.54, 1.807) is 25.9 Å². The summed E-state index contributed by atoms with van der Waals surface area (Å²) < 4.78 is 5.09. The molecule has 96 valence electrons. The molecule has 1 N–H and O–H groups in total. The zero-order chi connectivity index (χ0) is 13.3. The second-order valence-electron chi connectivity index (χ2n) is 4.31. The Balaban J connectivity index is 2.33. The molecule has 5 heteroatoms. The fourth-order valence-electron chi connectivity index (χ4n) is 2.12. The van der Waals surface area contributed by atoms with Crippen LogP contribution in [0.25, 0.3) is 0 Å². The van der Waals surface area contributed by atoms with Gasteiger partial charge in [0, 0.05) is 5.69 Å². The number of hydrogen-bond acceptors (Lipinski definition) is 4. The summed E-state index contributed by atoms with van der Waals surface area (Å²) in [7, 11) is 1.60. The lowest BCUT2D eigenvalue weighted by Gasteiger charge is -2.38. The van der Waals surface area contributed by atoms with Crippen molar-refractivity contribution in [2.45, 2.75) is 25.9 Å². The third-order valence-electron chi connectivity index (χ3n) is 3.21. The van der Waals surface area contributed by atoms with E-state index in [4.69, 9.17) is 4.74 Å². The zero-order valence-electron chi connectivity index (χ0n) is 10.6. The smallest absolute Gasteiger partial charge is 0.249 e. The van der Waals surface area contributed by atoms with E-state index in [2.05, 4.69) is 5.32 Å². The number of anilines is 1. The van der Waals surface area contributed by atoms with Crippen molar-refractivity contribution in [2.75, 3.05) is 12.0 Å². The molecule has 5 nitrogen and oxygen atoms in total. The summed E-state index contributed by atoms with van der Waals surface area (Å²) in [5.41, 5.74) is 0.832. The normalized spacial score (nSPS) is 23.8. The topological polar surface area (TPSA) is 58.6 Å². The molecule has 0 bridgehead atoms. The van der Waals surface area contributed by atoms with Gasteiger partial charge >= 0.3 is 0 Å². The molecule has 1 aromatic rings. The second kappa shape index (κ2) is 4.68. The maximum atomic E-state index is 11.7. The van der Waals surface area contributed by atoms with Crippen molar-refractivity contribution in [2.24, 2.45) is 0 Å². The van der Waals surface area contributed by atoms with E-state index in [-0.39, 0.29) is 23.9 Å². The van der Waals surface area contributed by atoms with Crippen LogP contribution in [0.4, 0.5) is 5.69 Å². The van der Waals surface area contributed by atoms with Crippen LogP contribution in [-0.4, -0.2) is 31.0 Å². The lowest BCUT2D eigenvalue weighted by Crippen LogP contribution is -2.61. The van der Waals surface area contributed by atoms with E-state index in [1.807, 2.05) is 24.3 Å². The summed E-state index contributed by atoms with van der Waals surface area (Å²) in [6.45, 7) is 3.56. The van der Waals surface area contributed by atoms with Crippen LogP contribution >= 0.6 is 0 Å². The summed E-state index contributed by atoms with van der Waals surface area (Å²) in [4.78, 5) is 25.1. The number of amides is 2. The Morgan fingerprint density at radius 1 is 1.06 bits per heavy atom. The number of rotatable bonds is 2. The van der Waals surface area contributed by atoms with Crippen LogP contribution in [0.5, 0.6) is 5.75 Å². The Hall–Kier alpha value is -2.04. The van der Waals surface area contributed by atoms with Crippen LogP contribution in [-0.2, 0) is 9.59 Å². The number of nitrogens with one attached hydrogen (secondary N) is 1. The van der Waals surface area contributed by atoms with Crippen molar-refractivity contribution in [1.29, 1.82) is 0 Å². The summed E-state index contributed by atoms with van der Waals surface area (Å²) in [5.74, 6) is 0.203. The van der Waals surface area contributed by atoms with Crippen LogP contribution in [0.15, 0.2) is 24.3 Å². The minimum atomic E-state index is -0.369. The Kier molecular flexibility index (Phi) is 3.23. The van der Waals surface area contributed by atoms with Crippen LogP contribution in [0.3, 0.4) is 0 Å². The first-order valence-corrected chi connectivity index (χ1v) is 5.81. The molecule has 0 spiro atoms. The van der Waals surface area contributed by atoms with E-state index in [9.17, 15) is 9.59 Å². The highest BCUT2D eigenvalue weighted by Crippen LogP contribution is 2.25. The monoisotopic (exact) mass is 248 g/mol. The highest BCUT2D eigenvalue weighted by atomic mass is 16.5. The lowest BCUT2D eigenvalue weighted by molar-refractivity contribution is -0.134. The van der Waals surface area contributed by atoms with Crippen molar-refractivity contribution < 1.29 is 14.3 Å². The number of hydrogen-bond donors (Lipinski definition) is 1. The molecule has 0 radical (unpaired) electrons. The van der Waals surface area contributed by atoms with Crippen molar-refractivity contribution in [1.82, 2.24) is 5.32 Å². The molecule has 1 fully saturated rings. The Bertz CT molecular complexity index is 450. The first kappa shape index (κ1) is 12.4. The average molecular weight is 248 g/mol. The zero-order valence-corrected chi connectivity index (χ0v) is 10.6. The maximum Gasteiger partial charge on any atom is 0.249 e. The van der Waals surface area contributed by atoms with E-state index in [1.165, 1.54) is 0 Å². The molecule has 1 saturated heterocycles. The Labute approximate surface area is 106 Å². The summed E-state index contributed by atoms with van der Waals surface area (Å²) >= 11 is 0. The molecule has 2 unspecified atom stereocenters. The van der Waals surface area contributed by atoms with Gasteiger partial charge in [0.25, 0.3) is 0 Å². The van der Waals surface area contributed by atoms with Gasteiger partial charge in [0.1, 0.15) is 17.8 Å². The predicted octanol–water partition coefficient (Wildman–Crippen LogP) is 0.935. The number of ether oxygens (including phenoxy) is 1. The molecule has 0 aromatic heterocycles. The van der Waals surface area contributed by atoms with E-state index < -0.39 is 0 Å². The molecular formula is C13H16N2O3. The Morgan fingerprint density at radius 2 is 1.56 bits per heavy atom. The molecule has 2 amide bonds. The lowest BCUT2D eigenvalue weighted by atomic mass is 10.1. The molecular weight excluding hydrogens is 232 g/mol. The highest BCUT2D eigenvalue weighted by molar-refractivity contribution is 6.06. The third kappa shape index (κ3) is 2.03. The molecule has 2 atom stereocenters. The van der Waals surface area contributed by atoms with E-state index in [0.717, 1.165) is 11.4 Å². The fraction of sp³-hybridized carbons (Fsp3) is 0.385. The molecule has 1 aromatic carbocycles. The largest absolute Gasteiger partial charge is 0.497 e. The number of piperazine rings is 1. The standard InChI is InChI=1S/C13H16N2O3/c1-8-12(16)14-13(17)9(2)15(8)10-4-6-11(18-3)7-5-10/h4-9H,1-3H3,(H,14,16,17). The van der Waals surface area contributed by atoms with Crippen molar-refractivity contribution in [3.8, 4) is 5.75 Å². The van der Waals surface area contributed by atoms with Gasteiger partial charge in [-0.1, -0.05) is 0 Å². The minimum Gasteiger partial charge on any atom is -0.497 e. The number of imide groups is 1. The maximum absolute atomic E-state index is 11.7. The van der Waals surface area contributed by atoms with Crippen molar-refractivity contribution >= 4 is 17.5 Å². The fourth-order valence-corrected chi connectivity index (χ4v) is 2.12. The number of carbonyl (C=O) groups excluding carboxylic acids is 2. The van der Waals surface area contributed by atoms with Gasteiger partial charge < -0.3 is 9.64 Å². The Morgan fingerprint density at radius 3 is 2.00 bits per heavy atom. The summed E-state index contributed by atoms with van der Waals surface area (Å²) in [6.07, 6.45) is 0. The van der Waals surface area contributed by atoms with Crippen molar-refractivity contribution in [3.63, 3.8) is 0 Å². The minimum absolute atomic E-state index is 0.270. The molecule has 18 heavy (non-hydrogen) atoms. The summed E-state index contributed by atoms with van der Waals surface area (Å²) in [5, 5.41) is 2.36. The quantitative estimate of drug-likeness (QED) is 0.791. The molecule has 1 aliphatic heterocycles. The van der Waals surface area contributed by atoms with Gasteiger partial charge in [-0.3, -0.25) is 14.9 Å². The van der Waals surface area contributed by atoms with Crippen molar-refractivity contribution in [3.05, 3.63) is 24.3 Å². The first-order chi connectivity index (χ1) is 8.54. The number of nitrogens with zero attached hydrogens (tertiary/aromatic N) is 1. The number of methoxy groups -OCH3 is 1. The van der Waals surface area contributed by atoms with Crippen LogP contribution in [0, 0.1) is 0 Å². The average Bonchev–Trinajstić information content (AvgIpc) is 2.37. The van der Waals surface area contributed by atoms with Gasteiger partial charge in [-0.05, 0) is 38.1 Å². The highest BCUT2D eigenvalue weighted by Gasteiger charge is 2.36. The SMILES string of the molecule is COc1ccc(N2C(C)C(=O)NC(=O)C2C)cc1. The molecule has 0 saturated carbocycles. The number of benzene rings is 1. The van der Waals surface area contributed by atoms with Crippen LogP contribution < -0.4 is 15.0 Å². The van der Waals surface area contributed by atoms with Gasteiger partial charge in [-0.25, -0.2) is 0 Å². The summed E-state index contributed by atoms with van der Waals surface area (Å²) in [6, 6.07) is 6.57. The van der Waals surface area contributed by atoms with E-state index in [0.29, 0.717) is 0 Å². The molecule has 1 heterocycles. The van der Waals surface area contributed by atoms with Crippen LogP contribution in [0.1, 0.15) is 13.8 Å². The first-order valence-electron chi connectivity index (χ1n) is 5.81. The molecule has 2 rings (SSSR count). The van der Waals surface area contributed by atoms with Gasteiger partial charge in [0.05, 0.1) is 7.11 Å². The van der Waals surface area contributed by atoms with E-state index >= 15 is 0 Å². The van der Waals surface area contributed by atoms with Gasteiger partial charge in [-0.15, -0.1) is 0 Å². The molecule has 0 aliphatic carbocycles. The predicted molar refractivity (Wildman–Crippen MR) is 67.5 cm³/mol. The number of carbonyl (C=O) groups is 2.